The number of terminal acetylenes is 1. The fourth-order valence-electron chi connectivity index (χ4n) is 3.00. The molecular weight excluding hydrogens is 541 g/mol. The zero-order chi connectivity index (χ0) is 29.2. The summed E-state index contributed by atoms with van der Waals surface area (Å²) in [6.45, 7) is 0.938. The van der Waals surface area contributed by atoms with Crippen LogP contribution in [0, 0.1) is 12.3 Å². The van der Waals surface area contributed by atoms with E-state index < -0.39 is 68.3 Å². The number of nitrogens with one attached hydrogen (secondary N) is 2. The van der Waals surface area contributed by atoms with Gasteiger partial charge in [-0.1, -0.05) is 18.2 Å². The molecule has 0 bridgehead atoms. The Morgan fingerprint density at radius 3 is 2.46 bits per heavy atom. The van der Waals surface area contributed by atoms with Crippen molar-refractivity contribution in [2.75, 3.05) is 20.5 Å². The zero-order valence-corrected chi connectivity index (χ0v) is 22.0. The number of carbonyl (C=O) groups excluding carboxylic acids is 2. The molecule has 4 N–H and O–H groups in total. The number of hydrogen-bond donors (Lipinski definition) is 4. The maximum atomic E-state index is 13.6. The van der Waals surface area contributed by atoms with Gasteiger partial charge >= 0.3 is 25.4 Å². The molecular formula is C23H28N3O12P. The van der Waals surface area contributed by atoms with E-state index in [0.717, 1.165) is 26.3 Å². The number of hydrogen-bond acceptors (Lipinski definition) is 12. The van der Waals surface area contributed by atoms with Gasteiger partial charge in [-0.2, -0.15) is 5.09 Å². The van der Waals surface area contributed by atoms with Crippen LogP contribution in [-0.2, 0) is 38.6 Å². The SMILES string of the molecule is C#C[C@@](O)([C@H](O)[C@@H](COP(=O)(N[C@@H](C)C(=O)OCOC(C)=O)Oc1ccccc1)OC)n1ccc(=O)[nH]c1=O. The lowest BCUT2D eigenvalue weighted by atomic mass is 10.0. The first-order valence-corrected chi connectivity index (χ1v) is 12.7. The van der Waals surface area contributed by atoms with E-state index in [-0.39, 0.29) is 5.75 Å². The minimum Gasteiger partial charge on any atom is -0.428 e. The maximum Gasteiger partial charge on any atom is 0.459 e. The van der Waals surface area contributed by atoms with Crippen molar-refractivity contribution >= 4 is 19.7 Å². The number of methoxy groups -OCH3 is 1. The third-order valence-corrected chi connectivity index (χ3v) is 6.66. The first kappa shape index (κ1) is 31.4. The Labute approximate surface area is 222 Å². The standard InChI is InChI=1S/C23H28N3O12P/c1-5-23(32,26-12-11-19(28)24-22(26)31)20(29)18(34-4)13-37-39(33,38-17-9-7-6-8-10-17)25-15(2)21(30)36-14-35-16(3)27/h1,6-12,15,18,20,29,32H,13-14H2,2-4H3,(H,25,33)(H,24,28,31)/t15-,18+,20+,23+,39?/m0/s1. The topological polar surface area (TPSA) is 205 Å². The molecule has 0 fully saturated rings. The second-order valence-corrected chi connectivity index (χ2v) is 9.53. The number of H-pyrrole nitrogens is 1. The van der Waals surface area contributed by atoms with Gasteiger partial charge in [-0.15, -0.1) is 6.42 Å². The van der Waals surface area contributed by atoms with Crippen molar-refractivity contribution in [3.05, 3.63) is 63.4 Å². The van der Waals surface area contributed by atoms with Gasteiger partial charge in [0.1, 0.15) is 24.0 Å². The van der Waals surface area contributed by atoms with Crippen molar-refractivity contribution in [1.82, 2.24) is 14.6 Å². The average molecular weight is 569 g/mol. The summed E-state index contributed by atoms with van der Waals surface area (Å²) in [6.07, 6.45) is 2.65. The second-order valence-electron chi connectivity index (χ2n) is 7.84. The van der Waals surface area contributed by atoms with Gasteiger partial charge in [0, 0.05) is 26.3 Å². The number of rotatable bonds is 14. The number of ether oxygens (including phenoxy) is 3. The Bertz CT molecular complexity index is 1340. The number of aromatic amines is 1. The van der Waals surface area contributed by atoms with Crippen LogP contribution in [0.4, 0.5) is 0 Å². The molecule has 39 heavy (non-hydrogen) atoms. The van der Waals surface area contributed by atoms with Gasteiger partial charge in [0.2, 0.25) is 12.5 Å². The first-order valence-electron chi connectivity index (χ1n) is 11.2. The minimum atomic E-state index is -4.46. The molecule has 1 heterocycles. The molecule has 0 radical (unpaired) electrons. The van der Waals surface area contributed by atoms with Crippen molar-refractivity contribution in [3.63, 3.8) is 0 Å². The summed E-state index contributed by atoms with van der Waals surface area (Å²) in [5.41, 5.74) is -4.64. The maximum absolute atomic E-state index is 13.6. The summed E-state index contributed by atoms with van der Waals surface area (Å²) in [6, 6.07) is 7.29. The molecule has 2 rings (SSSR count). The van der Waals surface area contributed by atoms with E-state index >= 15 is 0 Å². The Kier molecular flexibility index (Phi) is 11.2. The molecule has 0 saturated heterocycles. The number of aliphatic hydroxyl groups is 2. The van der Waals surface area contributed by atoms with Gasteiger partial charge in [0.15, 0.2) is 0 Å². The minimum absolute atomic E-state index is 0.0725. The van der Waals surface area contributed by atoms with E-state index in [1.54, 1.807) is 18.2 Å². The number of nitrogens with zero attached hydrogens (tertiary/aromatic N) is 1. The summed E-state index contributed by atoms with van der Waals surface area (Å²) in [4.78, 5) is 48.6. The predicted octanol–water partition coefficient (Wildman–Crippen LogP) is -0.564. The molecule has 1 aromatic carbocycles. The van der Waals surface area contributed by atoms with Crippen LogP contribution in [0.5, 0.6) is 5.75 Å². The largest absolute Gasteiger partial charge is 0.459 e. The van der Waals surface area contributed by atoms with E-state index in [1.165, 1.54) is 19.1 Å². The fourth-order valence-corrected chi connectivity index (χ4v) is 4.50. The summed E-state index contributed by atoms with van der Waals surface area (Å²) < 4.78 is 39.4. The summed E-state index contributed by atoms with van der Waals surface area (Å²) >= 11 is 0. The van der Waals surface area contributed by atoms with Gasteiger partial charge in [-0.25, -0.2) is 9.36 Å². The molecule has 0 saturated carbocycles. The quantitative estimate of drug-likeness (QED) is 0.0976. The number of aliphatic hydroxyl groups excluding tert-OH is 1. The summed E-state index contributed by atoms with van der Waals surface area (Å²) in [5, 5.41) is 24.2. The highest BCUT2D eigenvalue weighted by atomic mass is 31.2. The van der Waals surface area contributed by atoms with Gasteiger partial charge in [0.25, 0.3) is 5.56 Å². The number of esters is 2. The van der Waals surface area contributed by atoms with Gasteiger partial charge in [-0.3, -0.25) is 28.5 Å². The Morgan fingerprint density at radius 2 is 1.90 bits per heavy atom. The van der Waals surface area contributed by atoms with Crippen molar-refractivity contribution in [2.45, 2.75) is 37.8 Å². The molecule has 212 valence electrons. The molecule has 0 spiro atoms. The highest BCUT2D eigenvalue weighted by Crippen LogP contribution is 2.45. The van der Waals surface area contributed by atoms with Crippen LogP contribution in [-0.4, -0.2) is 70.5 Å². The molecule has 5 atom stereocenters. The van der Waals surface area contributed by atoms with E-state index in [0.29, 0.717) is 4.57 Å². The van der Waals surface area contributed by atoms with Crippen molar-refractivity contribution < 1.29 is 47.6 Å². The van der Waals surface area contributed by atoms with Crippen LogP contribution in [0.25, 0.3) is 0 Å². The average Bonchev–Trinajstić information content (AvgIpc) is 2.88. The van der Waals surface area contributed by atoms with Crippen LogP contribution in [0.15, 0.2) is 52.2 Å². The first-order chi connectivity index (χ1) is 18.3. The Morgan fingerprint density at radius 1 is 1.23 bits per heavy atom. The van der Waals surface area contributed by atoms with Crippen LogP contribution in [0.2, 0.25) is 0 Å². The highest BCUT2D eigenvalue weighted by Gasteiger charge is 2.44. The third-order valence-electron chi connectivity index (χ3n) is 5.02. The van der Waals surface area contributed by atoms with Crippen LogP contribution >= 0.6 is 7.75 Å². The predicted molar refractivity (Wildman–Crippen MR) is 133 cm³/mol. The highest BCUT2D eigenvalue weighted by molar-refractivity contribution is 7.52. The number of carbonyl (C=O) groups is 2. The second kappa shape index (κ2) is 13.9. The number of benzene rings is 1. The molecule has 2 aromatic rings. The van der Waals surface area contributed by atoms with Crippen molar-refractivity contribution in [3.8, 4) is 18.1 Å². The van der Waals surface area contributed by atoms with Crippen LogP contribution < -0.4 is 20.9 Å². The van der Waals surface area contributed by atoms with Gasteiger partial charge in [-0.05, 0) is 25.0 Å². The van der Waals surface area contributed by atoms with Crippen molar-refractivity contribution in [1.29, 1.82) is 0 Å². The van der Waals surface area contributed by atoms with Crippen LogP contribution in [0.1, 0.15) is 13.8 Å². The lowest BCUT2D eigenvalue weighted by Gasteiger charge is -2.34. The summed E-state index contributed by atoms with van der Waals surface area (Å²) in [7, 11) is -3.35. The molecule has 15 nitrogen and oxygen atoms in total. The molecule has 0 aliphatic rings. The molecule has 1 aromatic heterocycles. The van der Waals surface area contributed by atoms with E-state index in [1.807, 2.05) is 10.9 Å². The molecule has 16 heteroatoms. The molecule has 0 aliphatic carbocycles. The van der Waals surface area contributed by atoms with Crippen LogP contribution in [0.3, 0.4) is 0 Å². The lowest BCUT2D eigenvalue weighted by Crippen LogP contribution is -2.56. The lowest BCUT2D eigenvalue weighted by molar-refractivity contribution is -0.166. The number of para-hydroxylation sites is 1. The number of aromatic nitrogens is 2. The van der Waals surface area contributed by atoms with Gasteiger partial charge in [0.05, 0.1) is 6.61 Å². The molecule has 0 amide bonds. The third kappa shape index (κ3) is 8.62. The van der Waals surface area contributed by atoms with E-state index in [2.05, 4.69) is 9.82 Å². The molecule has 1 unspecified atom stereocenters. The van der Waals surface area contributed by atoms with E-state index in [9.17, 15) is 34.0 Å². The fraction of sp³-hybridized carbons (Fsp3) is 0.391. The van der Waals surface area contributed by atoms with Gasteiger partial charge < -0.3 is 28.9 Å². The smallest absolute Gasteiger partial charge is 0.428 e. The Balaban J connectivity index is 2.27. The normalized spacial score (nSPS) is 16.4. The van der Waals surface area contributed by atoms with Crippen molar-refractivity contribution in [2.24, 2.45) is 0 Å². The van der Waals surface area contributed by atoms with E-state index in [4.69, 9.17) is 24.9 Å². The Hall–Kier alpha value is -3.77. The zero-order valence-electron chi connectivity index (χ0n) is 21.1. The molecule has 0 aliphatic heterocycles. The summed E-state index contributed by atoms with van der Waals surface area (Å²) in [5.74, 6) is 0.289. The monoisotopic (exact) mass is 569 g/mol.